The van der Waals surface area contributed by atoms with Gasteiger partial charge in [0.15, 0.2) is 0 Å². The molecule has 1 aliphatic rings. The maximum absolute atomic E-state index is 13.7. The first-order valence-corrected chi connectivity index (χ1v) is 8.88. The van der Waals surface area contributed by atoms with Gasteiger partial charge in [-0.25, -0.2) is 14.4 Å². The molecule has 3 rings (SSSR count). The van der Waals surface area contributed by atoms with E-state index in [1.165, 1.54) is 6.07 Å². The first-order chi connectivity index (χ1) is 12.5. The minimum absolute atomic E-state index is 0.129. The molecule has 0 spiro atoms. The van der Waals surface area contributed by atoms with E-state index in [9.17, 15) is 9.18 Å². The van der Waals surface area contributed by atoms with Crippen LogP contribution in [-0.4, -0.2) is 53.5 Å². The van der Waals surface area contributed by atoms with E-state index in [2.05, 4.69) is 20.2 Å². The predicted molar refractivity (Wildman–Crippen MR) is 100 cm³/mol. The average molecular weight is 357 g/mol. The normalized spacial score (nSPS) is 14.5. The molecule has 1 aromatic heterocycles. The van der Waals surface area contributed by atoms with E-state index in [0.29, 0.717) is 43.1 Å². The van der Waals surface area contributed by atoms with E-state index >= 15 is 0 Å². The van der Waals surface area contributed by atoms with Crippen LogP contribution in [0.15, 0.2) is 24.3 Å². The van der Waals surface area contributed by atoms with Crippen molar-refractivity contribution in [1.82, 2.24) is 14.9 Å². The van der Waals surface area contributed by atoms with Gasteiger partial charge in [-0.05, 0) is 38.5 Å². The van der Waals surface area contributed by atoms with Crippen molar-refractivity contribution in [2.75, 3.05) is 42.9 Å². The molecular weight excluding hydrogens is 333 g/mol. The Kier molecular flexibility index (Phi) is 5.35. The minimum atomic E-state index is -0.345. The summed E-state index contributed by atoms with van der Waals surface area (Å²) >= 11 is 0. The standard InChI is InChI=1S/C19H24FN5O/c1-4-21-17-12-18(23-14(3)22-17)24-7-9-25(10-8-24)19(26)15-6-5-13(2)16(20)11-15/h5-6,11-12H,4,7-10H2,1-3H3,(H,21,22,23). The number of aryl methyl sites for hydroxylation is 2. The highest BCUT2D eigenvalue weighted by Crippen LogP contribution is 2.19. The Balaban J connectivity index is 1.67. The van der Waals surface area contributed by atoms with Crippen LogP contribution < -0.4 is 10.2 Å². The molecule has 0 radical (unpaired) electrons. The number of anilines is 2. The summed E-state index contributed by atoms with van der Waals surface area (Å²) in [6, 6.07) is 6.58. The summed E-state index contributed by atoms with van der Waals surface area (Å²) in [7, 11) is 0. The Morgan fingerprint density at radius 1 is 1.15 bits per heavy atom. The fourth-order valence-electron chi connectivity index (χ4n) is 3.03. The second kappa shape index (κ2) is 7.68. The van der Waals surface area contributed by atoms with Crippen molar-refractivity contribution in [1.29, 1.82) is 0 Å². The van der Waals surface area contributed by atoms with Gasteiger partial charge in [0, 0.05) is 44.4 Å². The Labute approximate surface area is 153 Å². The summed E-state index contributed by atoms with van der Waals surface area (Å²) in [5.74, 6) is 1.91. The molecule has 1 aliphatic heterocycles. The molecule has 2 heterocycles. The average Bonchev–Trinajstić information content (AvgIpc) is 2.63. The smallest absolute Gasteiger partial charge is 0.254 e. The van der Waals surface area contributed by atoms with Gasteiger partial charge in [-0.3, -0.25) is 4.79 Å². The van der Waals surface area contributed by atoms with E-state index in [4.69, 9.17) is 0 Å². The topological polar surface area (TPSA) is 61.4 Å². The lowest BCUT2D eigenvalue weighted by Gasteiger charge is -2.35. The highest BCUT2D eigenvalue weighted by Gasteiger charge is 2.23. The van der Waals surface area contributed by atoms with Crippen LogP contribution in [0.5, 0.6) is 0 Å². The number of piperazine rings is 1. The fourth-order valence-corrected chi connectivity index (χ4v) is 3.03. The van der Waals surface area contributed by atoms with Crippen molar-refractivity contribution in [3.8, 4) is 0 Å². The zero-order valence-corrected chi connectivity index (χ0v) is 15.4. The SMILES string of the molecule is CCNc1cc(N2CCN(C(=O)c3ccc(C)c(F)c3)CC2)nc(C)n1. The van der Waals surface area contributed by atoms with Crippen LogP contribution in [0, 0.1) is 19.7 Å². The number of hydrogen-bond acceptors (Lipinski definition) is 5. The second-order valence-electron chi connectivity index (χ2n) is 6.43. The van der Waals surface area contributed by atoms with Crippen LogP contribution in [-0.2, 0) is 0 Å². The van der Waals surface area contributed by atoms with Gasteiger partial charge < -0.3 is 15.1 Å². The summed E-state index contributed by atoms with van der Waals surface area (Å²) in [4.78, 5) is 25.4. The number of amides is 1. The van der Waals surface area contributed by atoms with E-state index in [1.54, 1.807) is 24.0 Å². The maximum atomic E-state index is 13.7. The van der Waals surface area contributed by atoms with Gasteiger partial charge in [-0.2, -0.15) is 0 Å². The first-order valence-electron chi connectivity index (χ1n) is 8.88. The Morgan fingerprint density at radius 2 is 1.88 bits per heavy atom. The first kappa shape index (κ1) is 18.1. The number of carbonyl (C=O) groups excluding carboxylic acids is 1. The lowest BCUT2D eigenvalue weighted by molar-refractivity contribution is 0.0746. The van der Waals surface area contributed by atoms with Crippen molar-refractivity contribution in [2.24, 2.45) is 0 Å². The van der Waals surface area contributed by atoms with Crippen LogP contribution in [0.3, 0.4) is 0 Å². The van der Waals surface area contributed by atoms with Crippen molar-refractivity contribution in [3.63, 3.8) is 0 Å². The molecule has 0 aliphatic carbocycles. The molecule has 26 heavy (non-hydrogen) atoms. The molecule has 1 saturated heterocycles. The summed E-state index contributed by atoms with van der Waals surface area (Å²) in [5.41, 5.74) is 0.941. The number of carbonyl (C=O) groups is 1. The van der Waals surface area contributed by atoms with Crippen molar-refractivity contribution < 1.29 is 9.18 Å². The van der Waals surface area contributed by atoms with E-state index < -0.39 is 0 Å². The van der Waals surface area contributed by atoms with Crippen LogP contribution >= 0.6 is 0 Å². The number of halogens is 1. The molecule has 0 unspecified atom stereocenters. The van der Waals surface area contributed by atoms with Gasteiger partial charge in [0.25, 0.3) is 5.91 Å². The zero-order valence-electron chi connectivity index (χ0n) is 15.4. The second-order valence-corrected chi connectivity index (χ2v) is 6.43. The Hall–Kier alpha value is -2.70. The number of benzene rings is 1. The number of nitrogens with one attached hydrogen (secondary N) is 1. The third kappa shape index (κ3) is 3.92. The highest BCUT2D eigenvalue weighted by atomic mass is 19.1. The molecule has 0 atom stereocenters. The monoisotopic (exact) mass is 357 g/mol. The lowest BCUT2D eigenvalue weighted by atomic mass is 10.1. The third-order valence-corrected chi connectivity index (χ3v) is 4.49. The van der Waals surface area contributed by atoms with Crippen molar-refractivity contribution in [3.05, 3.63) is 47.0 Å². The highest BCUT2D eigenvalue weighted by molar-refractivity contribution is 5.94. The number of nitrogens with zero attached hydrogens (tertiary/aromatic N) is 4. The molecule has 0 bridgehead atoms. The van der Waals surface area contributed by atoms with E-state index in [-0.39, 0.29) is 11.7 Å². The van der Waals surface area contributed by atoms with E-state index in [1.807, 2.05) is 19.9 Å². The number of aromatic nitrogens is 2. The molecule has 6 nitrogen and oxygen atoms in total. The molecular formula is C19H24FN5O. The molecule has 2 aromatic rings. The molecule has 1 N–H and O–H groups in total. The summed E-state index contributed by atoms with van der Waals surface area (Å²) in [6.07, 6.45) is 0. The number of hydrogen-bond donors (Lipinski definition) is 1. The molecule has 1 aromatic carbocycles. The quantitative estimate of drug-likeness (QED) is 0.911. The summed E-state index contributed by atoms with van der Waals surface area (Å²) in [6.45, 7) is 8.90. The zero-order chi connectivity index (χ0) is 18.7. The molecule has 138 valence electrons. The van der Waals surface area contributed by atoms with Crippen LogP contribution in [0.1, 0.15) is 28.7 Å². The van der Waals surface area contributed by atoms with Gasteiger partial charge in [0.2, 0.25) is 0 Å². The molecule has 1 amide bonds. The van der Waals surface area contributed by atoms with Gasteiger partial charge in [-0.1, -0.05) is 6.07 Å². The van der Waals surface area contributed by atoms with Gasteiger partial charge in [0.1, 0.15) is 23.3 Å². The summed E-state index contributed by atoms with van der Waals surface area (Å²) < 4.78 is 13.7. The minimum Gasteiger partial charge on any atom is -0.370 e. The van der Waals surface area contributed by atoms with Crippen LogP contribution in [0.2, 0.25) is 0 Å². The largest absolute Gasteiger partial charge is 0.370 e. The third-order valence-electron chi connectivity index (χ3n) is 4.49. The molecule has 7 heteroatoms. The molecule has 1 fully saturated rings. The van der Waals surface area contributed by atoms with Gasteiger partial charge in [-0.15, -0.1) is 0 Å². The van der Waals surface area contributed by atoms with Gasteiger partial charge >= 0.3 is 0 Å². The predicted octanol–water partition coefficient (Wildman–Crippen LogP) is 2.63. The van der Waals surface area contributed by atoms with E-state index in [0.717, 1.165) is 18.2 Å². The van der Waals surface area contributed by atoms with Crippen LogP contribution in [0.4, 0.5) is 16.0 Å². The Bertz CT molecular complexity index is 803. The fraction of sp³-hybridized carbons (Fsp3) is 0.421. The van der Waals surface area contributed by atoms with Crippen LogP contribution in [0.25, 0.3) is 0 Å². The Morgan fingerprint density at radius 3 is 2.54 bits per heavy atom. The maximum Gasteiger partial charge on any atom is 0.254 e. The van der Waals surface area contributed by atoms with Crippen molar-refractivity contribution >= 4 is 17.5 Å². The number of rotatable bonds is 4. The lowest BCUT2D eigenvalue weighted by Crippen LogP contribution is -2.49. The summed E-state index contributed by atoms with van der Waals surface area (Å²) in [5, 5.41) is 3.21. The molecule has 0 saturated carbocycles. The van der Waals surface area contributed by atoms with Gasteiger partial charge in [0.05, 0.1) is 0 Å². The van der Waals surface area contributed by atoms with Crippen molar-refractivity contribution in [2.45, 2.75) is 20.8 Å².